The number of nitrogens with one attached hydrogen (secondary N) is 2. The topological polar surface area (TPSA) is 98.2 Å². The van der Waals surface area contributed by atoms with E-state index in [1.165, 1.54) is 14.2 Å². The predicted octanol–water partition coefficient (Wildman–Crippen LogP) is 4.42. The van der Waals surface area contributed by atoms with E-state index in [9.17, 15) is 9.59 Å². The van der Waals surface area contributed by atoms with E-state index in [0.717, 1.165) is 5.56 Å². The molecule has 0 aliphatic heterocycles. The number of nitrogens with zero attached hydrogens (tertiary/aromatic N) is 1. The van der Waals surface area contributed by atoms with Crippen molar-refractivity contribution < 1.29 is 23.8 Å². The molecule has 3 aromatic carbocycles. The zero-order valence-electron chi connectivity index (χ0n) is 18.9. The molecule has 176 valence electrons. The second-order valence-corrected chi connectivity index (χ2v) is 7.51. The third kappa shape index (κ3) is 6.49. The first-order valence-corrected chi connectivity index (χ1v) is 10.6. The van der Waals surface area contributed by atoms with Gasteiger partial charge < -0.3 is 19.5 Å². The second-order valence-electron chi connectivity index (χ2n) is 7.07. The number of ether oxygens (including phenoxy) is 3. The van der Waals surface area contributed by atoms with Gasteiger partial charge in [-0.05, 0) is 55.0 Å². The maximum Gasteiger partial charge on any atom is 0.329 e. The smallest absolute Gasteiger partial charge is 0.329 e. The van der Waals surface area contributed by atoms with Crippen LogP contribution >= 0.6 is 11.6 Å². The Balaban J connectivity index is 1.63. The number of amides is 2. The van der Waals surface area contributed by atoms with E-state index in [1.54, 1.807) is 61.5 Å². The molecule has 0 unspecified atom stereocenters. The lowest BCUT2D eigenvalue weighted by Gasteiger charge is -2.12. The van der Waals surface area contributed by atoms with Gasteiger partial charge in [-0.2, -0.15) is 5.10 Å². The minimum Gasteiger partial charge on any atom is -0.495 e. The van der Waals surface area contributed by atoms with Crippen LogP contribution in [0, 0.1) is 0 Å². The highest BCUT2D eigenvalue weighted by Gasteiger charge is 2.16. The Morgan fingerprint density at radius 2 is 1.59 bits per heavy atom. The number of halogens is 1. The molecule has 0 atom stereocenters. The summed E-state index contributed by atoms with van der Waals surface area (Å²) >= 11 is 5.91. The predicted molar refractivity (Wildman–Crippen MR) is 131 cm³/mol. The van der Waals surface area contributed by atoms with Crippen molar-refractivity contribution in [1.29, 1.82) is 0 Å². The summed E-state index contributed by atoms with van der Waals surface area (Å²) in [6.07, 6.45) is 0. The lowest BCUT2D eigenvalue weighted by atomic mass is 10.1. The van der Waals surface area contributed by atoms with Gasteiger partial charge in [-0.3, -0.25) is 9.59 Å². The molecule has 0 bridgehead atoms. The second kappa shape index (κ2) is 11.7. The van der Waals surface area contributed by atoms with Crippen LogP contribution in [0.1, 0.15) is 18.1 Å². The Morgan fingerprint density at radius 3 is 2.29 bits per heavy atom. The molecule has 0 spiro atoms. The van der Waals surface area contributed by atoms with Gasteiger partial charge in [0.15, 0.2) is 11.5 Å². The monoisotopic (exact) mass is 481 g/mol. The van der Waals surface area contributed by atoms with Crippen LogP contribution in [-0.2, 0) is 16.2 Å². The molecule has 8 nitrogen and oxygen atoms in total. The van der Waals surface area contributed by atoms with E-state index < -0.39 is 11.8 Å². The summed E-state index contributed by atoms with van der Waals surface area (Å²) < 4.78 is 16.4. The van der Waals surface area contributed by atoms with Crippen LogP contribution in [0.3, 0.4) is 0 Å². The Kier molecular flexibility index (Phi) is 8.48. The van der Waals surface area contributed by atoms with Gasteiger partial charge >= 0.3 is 11.8 Å². The van der Waals surface area contributed by atoms with Crippen molar-refractivity contribution in [3.63, 3.8) is 0 Å². The fourth-order valence-corrected chi connectivity index (χ4v) is 3.06. The molecule has 0 heterocycles. The molecule has 3 aromatic rings. The normalized spacial score (nSPS) is 10.9. The Morgan fingerprint density at radius 1 is 0.882 bits per heavy atom. The van der Waals surface area contributed by atoms with Gasteiger partial charge in [0.1, 0.15) is 12.4 Å². The number of carbonyl (C=O) groups excluding carboxylic acids is 2. The quantitative estimate of drug-likeness (QED) is 0.282. The highest BCUT2D eigenvalue weighted by Crippen LogP contribution is 2.29. The van der Waals surface area contributed by atoms with Crippen molar-refractivity contribution in [2.45, 2.75) is 13.5 Å². The van der Waals surface area contributed by atoms with Crippen LogP contribution in [0.5, 0.6) is 17.2 Å². The zero-order chi connectivity index (χ0) is 24.5. The fourth-order valence-electron chi connectivity index (χ4n) is 2.93. The summed E-state index contributed by atoms with van der Waals surface area (Å²) in [7, 11) is 3.01. The van der Waals surface area contributed by atoms with Gasteiger partial charge in [0.25, 0.3) is 0 Å². The van der Waals surface area contributed by atoms with Gasteiger partial charge in [-0.25, -0.2) is 5.43 Å². The van der Waals surface area contributed by atoms with Crippen molar-refractivity contribution >= 4 is 34.8 Å². The molecule has 0 saturated heterocycles. The van der Waals surface area contributed by atoms with Crippen LogP contribution < -0.4 is 25.0 Å². The van der Waals surface area contributed by atoms with Crippen molar-refractivity contribution in [2.75, 3.05) is 19.5 Å². The lowest BCUT2D eigenvalue weighted by molar-refractivity contribution is -0.136. The third-order valence-corrected chi connectivity index (χ3v) is 5.03. The fraction of sp³-hybridized carbons (Fsp3) is 0.160. The SMILES string of the molecule is COc1ccccc1NC(=O)C(=O)NN=C(C)c1ccc(OCc2ccc(Cl)cc2)c(OC)c1. The molecule has 0 radical (unpaired) electrons. The van der Waals surface area contributed by atoms with E-state index in [2.05, 4.69) is 15.8 Å². The minimum absolute atomic E-state index is 0.345. The van der Waals surface area contributed by atoms with Crippen LogP contribution in [-0.4, -0.2) is 31.7 Å². The van der Waals surface area contributed by atoms with E-state index in [0.29, 0.717) is 45.8 Å². The number of anilines is 1. The first-order chi connectivity index (χ1) is 16.4. The first-order valence-electron chi connectivity index (χ1n) is 10.3. The van der Waals surface area contributed by atoms with Crippen LogP contribution in [0.2, 0.25) is 5.02 Å². The van der Waals surface area contributed by atoms with Crippen LogP contribution in [0.15, 0.2) is 71.8 Å². The Labute approximate surface area is 202 Å². The molecular weight excluding hydrogens is 458 g/mol. The van der Waals surface area contributed by atoms with Gasteiger partial charge in [0.05, 0.1) is 25.6 Å². The summed E-state index contributed by atoms with van der Waals surface area (Å²) in [5.41, 5.74) is 4.75. The van der Waals surface area contributed by atoms with Gasteiger partial charge in [-0.1, -0.05) is 35.9 Å². The van der Waals surface area contributed by atoms with Crippen molar-refractivity contribution in [3.05, 3.63) is 82.9 Å². The number of rotatable bonds is 8. The van der Waals surface area contributed by atoms with E-state index >= 15 is 0 Å². The summed E-state index contributed by atoms with van der Waals surface area (Å²) in [4.78, 5) is 24.4. The summed E-state index contributed by atoms with van der Waals surface area (Å²) in [5.74, 6) is -0.297. The zero-order valence-corrected chi connectivity index (χ0v) is 19.7. The van der Waals surface area contributed by atoms with Crippen LogP contribution in [0.25, 0.3) is 0 Å². The Bertz CT molecular complexity index is 1200. The van der Waals surface area contributed by atoms with E-state index in [4.69, 9.17) is 25.8 Å². The average molecular weight is 482 g/mol. The molecule has 34 heavy (non-hydrogen) atoms. The maximum atomic E-state index is 12.2. The van der Waals surface area contributed by atoms with E-state index in [-0.39, 0.29) is 0 Å². The molecule has 2 N–H and O–H groups in total. The minimum atomic E-state index is -0.917. The highest BCUT2D eigenvalue weighted by atomic mass is 35.5. The number of hydrazone groups is 1. The van der Waals surface area contributed by atoms with Crippen molar-refractivity contribution in [3.8, 4) is 17.2 Å². The Hall–Kier alpha value is -4.04. The summed E-state index contributed by atoms with van der Waals surface area (Å²) in [5, 5.41) is 7.17. The number of benzene rings is 3. The van der Waals surface area contributed by atoms with Gasteiger partial charge in [-0.15, -0.1) is 0 Å². The maximum absolute atomic E-state index is 12.2. The molecule has 9 heteroatoms. The molecule has 0 aliphatic rings. The average Bonchev–Trinajstić information content (AvgIpc) is 2.86. The molecule has 0 aliphatic carbocycles. The number of hydrogen-bond donors (Lipinski definition) is 2. The third-order valence-electron chi connectivity index (χ3n) is 4.78. The van der Waals surface area contributed by atoms with Gasteiger partial charge in [0.2, 0.25) is 0 Å². The number of methoxy groups -OCH3 is 2. The molecular formula is C25H24ClN3O5. The number of carbonyl (C=O) groups is 2. The highest BCUT2D eigenvalue weighted by molar-refractivity contribution is 6.39. The number of para-hydroxylation sites is 2. The molecule has 0 aromatic heterocycles. The van der Waals surface area contributed by atoms with Gasteiger partial charge in [0, 0.05) is 10.6 Å². The first kappa shape index (κ1) is 24.6. The summed E-state index contributed by atoms with van der Waals surface area (Å²) in [6, 6.07) is 19.4. The van der Waals surface area contributed by atoms with E-state index in [1.807, 2.05) is 12.1 Å². The molecule has 3 rings (SSSR count). The summed E-state index contributed by atoms with van der Waals surface area (Å²) in [6.45, 7) is 2.04. The molecule has 2 amide bonds. The number of hydrogen-bond acceptors (Lipinski definition) is 6. The largest absolute Gasteiger partial charge is 0.495 e. The van der Waals surface area contributed by atoms with Crippen molar-refractivity contribution in [2.24, 2.45) is 5.10 Å². The molecule has 0 saturated carbocycles. The lowest BCUT2D eigenvalue weighted by Crippen LogP contribution is -2.33. The standard InChI is InChI=1S/C25H24ClN3O5/c1-16(28-29-25(31)24(30)27-20-6-4-5-7-21(20)32-2)18-10-13-22(23(14-18)33-3)34-15-17-8-11-19(26)12-9-17/h4-14H,15H2,1-3H3,(H,27,30)(H,29,31). The molecule has 0 fully saturated rings. The van der Waals surface area contributed by atoms with Crippen molar-refractivity contribution in [1.82, 2.24) is 5.43 Å². The van der Waals surface area contributed by atoms with Crippen LogP contribution in [0.4, 0.5) is 5.69 Å².